The Labute approximate surface area is 122 Å². The van der Waals surface area contributed by atoms with E-state index in [9.17, 15) is 4.79 Å². The number of rotatable bonds is 5. The number of carbonyl (C=O) groups excluding carboxylic acids is 1. The van der Waals surface area contributed by atoms with Gasteiger partial charge in [-0.05, 0) is 41.8 Å². The molecule has 0 unspecified atom stereocenters. The zero-order chi connectivity index (χ0) is 14.7. The second-order valence-corrected chi connectivity index (χ2v) is 4.84. The van der Waals surface area contributed by atoms with E-state index in [4.69, 9.17) is 4.74 Å². The minimum atomic E-state index is 0.352. The lowest BCUT2D eigenvalue weighted by Gasteiger charge is -2.06. The predicted octanol–water partition coefficient (Wildman–Crippen LogP) is 3.83. The van der Waals surface area contributed by atoms with Crippen molar-refractivity contribution in [3.8, 4) is 16.9 Å². The fourth-order valence-corrected chi connectivity index (χ4v) is 2.23. The molecule has 0 aliphatic heterocycles. The molecule has 1 N–H and O–H groups in total. The highest BCUT2D eigenvalue weighted by Gasteiger charge is 2.04. The number of carbonyl (C=O) groups is 1. The van der Waals surface area contributed by atoms with Crippen molar-refractivity contribution in [2.24, 2.45) is 0 Å². The maximum Gasteiger partial charge on any atom is 0.185 e. The number of aromatic nitrogens is 2. The van der Waals surface area contributed by atoms with Gasteiger partial charge in [0.15, 0.2) is 12.1 Å². The van der Waals surface area contributed by atoms with E-state index in [0.717, 1.165) is 47.2 Å². The van der Waals surface area contributed by atoms with Gasteiger partial charge in [-0.15, -0.1) is 0 Å². The van der Waals surface area contributed by atoms with Gasteiger partial charge >= 0.3 is 0 Å². The number of benzene rings is 2. The molecule has 0 aliphatic rings. The first-order chi connectivity index (χ1) is 10.3. The summed E-state index contributed by atoms with van der Waals surface area (Å²) < 4.78 is 5.58. The van der Waals surface area contributed by atoms with Crippen LogP contribution in [0.2, 0.25) is 0 Å². The quantitative estimate of drug-likeness (QED) is 0.723. The number of aldehydes is 1. The number of ether oxygens (including phenoxy) is 1. The van der Waals surface area contributed by atoms with E-state index >= 15 is 0 Å². The summed E-state index contributed by atoms with van der Waals surface area (Å²) in [5.41, 5.74) is 3.83. The molecule has 106 valence electrons. The number of H-pyrrole nitrogens is 1. The maximum atomic E-state index is 10.7. The SMILES string of the molecule is CCCOc1ccc(-c2ccc3nc(C=O)[nH]c3c2)cc1. The van der Waals surface area contributed by atoms with Gasteiger partial charge in [0.05, 0.1) is 17.6 Å². The molecule has 4 heteroatoms. The molecular formula is C17H16N2O2. The summed E-state index contributed by atoms with van der Waals surface area (Å²) in [4.78, 5) is 17.9. The number of imidazole rings is 1. The summed E-state index contributed by atoms with van der Waals surface area (Å²) in [7, 11) is 0. The van der Waals surface area contributed by atoms with Crippen LogP contribution in [0.15, 0.2) is 42.5 Å². The number of hydrogen-bond acceptors (Lipinski definition) is 3. The molecule has 3 aromatic rings. The first-order valence-corrected chi connectivity index (χ1v) is 6.98. The molecule has 2 aromatic carbocycles. The lowest BCUT2D eigenvalue weighted by Crippen LogP contribution is -1.94. The lowest BCUT2D eigenvalue weighted by atomic mass is 10.1. The van der Waals surface area contributed by atoms with E-state index in [0.29, 0.717) is 5.82 Å². The Morgan fingerprint density at radius 3 is 2.62 bits per heavy atom. The van der Waals surface area contributed by atoms with Crippen LogP contribution in [0.4, 0.5) is 0 Å². The van der Waals surface area contributed by atoms with Crippen molar-refractivity contribution in [2.75, 3.05) is 6.61 Å². The standard InChI is InChI=1S/C17H16N2O2/c1-2-9-21-14-6-3-12(4-7-14)13-5-8-15-16(10-13)19-17(11-20)18-15/h3-8,10-11H,2,9H2,1H3,(H,18,19). The third kappa shape index (κ3) is 2.79. The smallest absolute Gasteiger partial charge is 0.185 e. The fraction of sp³-hybridized carbons (Fsp3) is 0.176. The van der Waals surface area contributed by atoms with Crippen molar-refractivity contribution >= 4 is 17.3 Å². The molecule has 21 heavy (non-hydrogen) atoms. The number of aromatic amines is 1. The second kappa shape index (κ2) is 5.79. The molecule has 0 atom stereocenters. The van der Waals surface area contributed by atoms with Crippen molar-refractivity contribution in [2.45, 2.75) is 13.3 Å². The normalized spacial score (nSPS) is 10.7. The highest BCUT2D eigenvalue weighted by molar-refractivity contribution is 5.85. The second-order valence-electron chi connectivity index (χ2n) is 4.84. The third-order valence-electron chi connectivity index (χ3n) is 3.27. The number of nitrogens with zero attached hydrogens (tertiary/aromatic N) is 1. The Kier molecular flexibility index (Phi) is 3.69. The van der Waals surface area contributed by atoms with E-state index in [2.05, 4.69) is 16.9 Å². The van der Waals surface area contributed by atoms with Crippen LogP contribution in [0.1, 0.15) is 24.0 Å². The first-order valence-electron chi connectivity index (χ1n) is 6.98. The van der Waals surface area contributed by atoms with Gasteiger partial charge in [0.2, 0.25) is 0 Å². The topological polar surface area (TPSA) is 55.0 Å². The summed E-state index contributed by atoms with van der Waals surface area (Å²) in [6.07, 6.45) is 1.72. The number of hydrogen-bond donors (Lipinski definition) is 1. The summed E-state index contributed by atoms with van der Waals surface area (Å²) in [5, 5.41) is 0. The van der Waals surface area contributed by atoms with E-state index in [1.807, 2.05) is 42.5 Å². The van der Waals surface area contributed by atoms with Gasteiger partial charge in [0.1, 0.15) is 5.75 Å². The van der Waals surface area contributed by atoms with Crippen molar-refractivity contribution in [1.29, 1.82) is 0 Å². The van der Waals surface area contributed by atoms with E-state index in [1.165, 1.54) is 0 Å². The highest BCUT2D eigenvalue weighted by atomic mass is 16.5. The Balaban J connectivity index is 1.90. The minimum Gasteiger partial charge on any atom is -0.494 e. The molecule has 0 saturated carbocycles. The van der Waals surface area contributed by atoms with Crippen molar-refractivity contribution in [3.63, 3.8) is 0 Å². The van der Waals surface area contributed by atoms with Crippen LogP contribution in [0.5, 0.6) is 5.75 Å². The zero-order valence-corrected chi connectivity index (χ0v) is 11.8. The Morgan fingerprint density at radius 1 is 1.14 bits per heavy atom. The largest absolute Gasteiger partial charge is 0.494 e. The fourth-order valence-electron chi connectivity index (χ4n) is 2.23. The molecule has 0 saturated heterocycles. The minimum absolute atomic E-state index is 0.352. The Morgan fingerprint density at radius 2 is 1.90 bits per heavy atom. The molecule has 3 rings (SSSR count). The molecule has 1 aromatic heterocycles. The molecule has 0 aliphatic carbocycles. The van der Waals surface area contributed by atoms with Gasteiger partial charge in [-0.25, -0.2) is 4.98 Å². The van der Waals surface area contributed by atoms with Crippen LogP contribution in [0.3, 0.4) is 0 Å². The van der Waals surface area contributed by atoms with Crippen LogP contribution in [0, 0.1) is 0 Å². The van der Waals surface area contributed by atoms with Crippen molar-refractivity contribution < 1.29 is 9.53 Å². The van der Waals surface area contributed by atoms with Gasteiger partial charge in [-0.2, -0.15) is 0 Å². The molecule has 4 nitrogen and oxygen atoms in total. The predicted molar refractivity (Wildman–Crippen MR) is 82.7 cm³/mol. The van der Waals surface area contributed by atoms with E-state index in [-0.39, 0.29) is 0 Å². The van der Waals surface area contributed by atoms with E-state index in [1.54, 1.807) is 0 Å². The molecular weight excluding hydrogens is 264 g/mol. The van der Waals surface area contributed by atoms with Gasteiger partial charge in [-0.1, -0.05) is 25.1 Å². The molecule has 0 spiro atoms. The van der Waals surface area contributed by atoms with Gasteiger partial charge in [-0.3, -0.25) is 4.79 Å². The first kappa shape index (κ1) is 13.4. The molecule has 0 bridgehead atoms. The van der Waals surface area contributed by atoms with E-state index < -0.39 is 0 Å². The van der Waals surface area contributed by atoms with Crippen LogP contribution < -0.4 is 4.74 Å². The summed E-state index contributed by atoms with van der Waals surface area (Å²) in [6.45, 7) is 2.81. The number of fused-ring (bicyclic) bond motifs is 1. The molecule has 0 fully saturated rings. The van der Waals surface area contributed by atoms with Crippen molar-refractivity contribution in [1.82, 2.24) is 9.97 Å². The monoisotopic (exact) mass is 280 g/mol. The lowest BCUT2D eigenvalue weighted by molar-refractivity contribution is 0.111. The summed E-state index contributed by atoms with van der Waals surface area (Å²) >= 11 is 0. The maximum absolute atomic E-state index is 10.7. The van der Waals surface area contributed by atoms with Crippen LogP contribution in [0.25, 0.3) is 22.2 Å². The summed E-state index contributed by atoms with van der Waals surface area (Å²) in [6, 6.07) is 13.9. The van der Waals surface area contributed by atoms with Crippen LogP contribution >= 0.6 is 0 Å². The van der Waals surface area contributed by atoms with Crippen LogP contribution in [-0.2, 0) is 0 Å². The Bertz CT molecular complexity index is 760. The summed E-state index contributed by atoms with van der Waals surface area (Å²) in [5.74, 6) is 1.23. The Hall–Kier alpha value is -2.62. The van der Waals surface area contributed by atoms with Gasteiger partial charge < -0.3 is 9.72 Å². The average molecular weight is 280 g/mol. The average Bonchev–Trinajstić information content (AvgIpc) is 2.95. The van der Waals surface area contributed by atoms with Gasteiger partial charge in [0.25, 0.3) is 0 Å². The highest BCUT2D eigenvalue weighted by Crippen LogP contribution is 2.25. The molecule has 1 heterocycles. The zero-order valence-electron chi connectivity index (χ0n) is 11.8. The van der Waals surface area contributed by atoms with Crippen molar-refractivity contribution in [3.05, 3.63) is 48.3 Å². The molecule has 0 amide bonds. The number of nitrogens with one attached hydrogen (secondary N) is 1. The van der Waals surface area contributed by atoms with Crippen LogP contribution in [-0.4, -0.2) is 22.9 Å². The molecule has 0 radical (unpaired) electrons. The third-order valence-corrected chi connectivity index (χ3v) is 3.27. The van der Waals surface area contributed by atoms with Gasteiger partial charge in [0, 0.05) is 0 Å².